The van der Waals surface area contributed by atoms with Crippen molar-refractivity contribution in [2.75, 3.05) is 39.6 Å². The van der Waals surface area contributed by atoms with Crippen LogP contribution >= 0.6 is 15.6 Å². The van der Waals surface area contributed by atoms with Gasteiger partial charge in [0.05, 0.1) is 26.4 Å². The molecule has 0 saturated carbocycles. The maximum atomic E-state index is 13.1. The number of carbonyl (C=O) groups excluding carboxylic acids is 4. The molecule has 0 rings (SSSR count). The maximum absolute atomic E-state index is 13.1. The van der Waals surface area contributed by atoms with E-state index in [0.717, 1.165) is 114 Å². The molecule has 3 unspecified atom stereocenters. The Morgan fingerprint density at radius 2 is 0.495 bits per heavy atom. The van der Waals surface area contributed by atoms with Crippen molar-refractivity contribution in [2.45, 2.75) is 414 Å². The molecular formula is C78H152O17P2. The fraction of sp³-hybridized carbons (Fsp3) is 0.949. The van der Waals surface area contributed by atoms with Crippen molar-refractivity contribution in [3.05, 3.63) is 0 Å². The number of phosphoric ester groups is 2. The van der Waals surface area contributed by atoms with Crippen LogP contribution in [0.4, 0.5) is 0 Å². The van der Waals surface area contributed by atoms with Gasteiger partial charge in [-0.2, -0.15) is 0 Å². The number of carbonyl (C=O) groups is 4. The van der Waals surface area contributed by atoms with Gasteiger partial charge in [-0.25, -0.2) is 9.13 Å². The lowest BCUT2D eigenvalue weighted by molar-refractivity contribution is -0.161. The average Bonchev–Trinajstić information content (AvgIpc) is 3.66. The Balaban J connectivity index is 5.22. The number of phosphoric acid groups is 2. The first kappa shape index (κ1) is 95.1. The van der Waals surface area contributed by atoms with Crippen LogP contribution in [0.3, 0.4) is 0 Å². The van der Waals surface area contributed by atoms with Crippen LogP contribution in [0.2, 0.25) is 0 Å². The minimum atomic E-state index is -4.96. The summed E-state index contributed by atoms with van der Waals surface area (Å²) >= 11 is 0. The van der Waals surface area contributed by atoms with E-state index in [0.29, 0.717) is 31.6 Å². The van der Waals surface area contributed by atoms with Gasteiger partial charge in [-0.05, 0) is 49.4 Å². The van der Waals surface area contributed by atoms with E-state index in [-0.39, 0.29) is 25.7 Å². The minimum Gasteiger partial charge on any atom is -0.462 e. The molecule has 97 heavy (non-hydrogen) atoms. The fourth-order valence-electron chi connectivity index (χ4n) is 11.9. The van der Waals surface area contributed by atoms with E-state index in [2.05, 4.69) is 55.4 Å². The summed E-state index contributed by atoms with van der Waals surface area (Å²) in [4.78, 5) is 72.9. The van der Waals surface area contributed by atoms with Gasteiger partial charge in [-0.1, -0.05) is 344 Å². The molecule has 0 aliphatic carbocycles. The molecule has 19 heteroatoms. The molecule has 0 aromatic carbocycles. The number of aliphatic hydroxyl groups is 1. The molecule has 0 heterocycles. The topological polar surface area (TPSA) is 237 Å². The molecule has 0 radical (unpaired) electrons. The Labute approximate surface area is 594 Å². The molecular weight excluding hydrogens is 1270 g/mol. The van der Waals surface area contributed by atoms with Gasteiger partial charge in [-0.15, -0.1) is 0 Å². The Bertz CT molecular complexity index is 1900. The first-order valence-electron chi connectivity index (χ1n) is 40.2. The second-order valence-corrected chi connectivity index (χ2v) is 32.7. The monoisotopic (exact) mass is 1420 g/mol. The average molecular weight is 1420 g/mol. The molecule has 0 saturated heterocycles. The van der Waals surface area contributed by atoms with Crippen molar-refractivity contribution in [1.29, 1.82) is 0 Å². The Hall–Kier alpha value is -1.94. The van der Waals surface area contributed by atoms with Gasteiger partial charge in [0.1, 0.15) is 19.3 Å². The third kappa shape index (κ3) is 70.9. The van der Waals surface area contributed by atoms with Crippen molar-refractivity contribution < 1.29 is 80.2 Å². The summed E-state index contributed by atoms with van der Waals surface area (Å²) in [5.41, 5.74) is 0. The van der Waals surface area contributed by atoms with E-state index in [1.165, 1.54) is 193 Å². The number of hydrogen-bond acceptors (Lipinski definition) is 15. The van der Waals surface area contributed by atoms with E-state index in [9.17, 15) is 43.2 Å². The van der Waals surface area contributed by atoms with Crippen LogP contribution in [0.15, 0.2) is 0 Å². The molecule has 0 aromatic heterocycles. The number of rotatable bonds is 75. The van der Waals surface area contributed by atoms with Gasteiger partial charge in [0.25, 0.3) is 0 Å². The van der Waals surface area contributed by atoms with Crippen LogP contribution in [0.25, 0.3) is 0 Å². The summed E-state index contributed by atoms with van der Waals surface area (Å²) in [6, 6.07) is 0. The molecule has 6 atom stereocenters. The molecule has 0 aliphatic rings. The lowest BCUT2D eigenvalue weighted by atomic mass is 9.99. The largest absolute Gasteiger partial charge is 0.472 e. The van der Waals surface area contributed by atoms with Crippen molar-refractivity contribution in [1.82, 2.24) is 0 Å². The van der Waals surface area contributed by atoms with Crippen LogP contribution in [-0.2, 0) is 65.4 Å². The lowest BCUT2D eigenvalue weighted by Crippen LogP contribution is -2.30. The third-order valence-corrected chi connectivity index (χ3v) is 20.3. The molecule has 0 aliphatic heterocycles. The predicted octanol–water partition coefficient (Wildman–Crippen LogP) is 22.8. The zero-order valence-corrected chi connectivity index (χ0v) is 65.5. The highest BCUT2D eigenvalue weighted by atomic mass is 31.2. The van der Waals surface area contributed by atoms with Gasteiger partial charge < -0.3 is 33.8 Å². The van der Waals surface area contributed by atoms with Crippen LogP contribution < -0.4 is 0 Å². The van der Waals surface area contributed by atoms with E-state index >= 15 is 0 Å². The second-order valence-electron chi connectivity index (χ2n) is 29.8. The summed E-state index contributed by atoms with van der Waals surface area (Å²) in [5.74, 6) is 0.956. The van der Waals surface area contributed by atoms with Crippen molar-refractivity contribution in [3.8, 4) is 0 Å². The van der Waals surface area contributed by atoms with E-state index in [4.69, 9.17) is 37.0 Å². The van der Waals surface area contributed by atoms with E-state index in [1.54, 1.807) is 0 Å². The van der Waals surface area contributed by atoms with E-state index < -0.39 is 97.5 Å². The number of ether oxygens (including phenoxy) is 4. The van der Waals surface area contributed by atoms with Gasteiger partial charge in [0.15, 0.2) is 12.2 Å². The minimum absolute atomic E-state index is 0.105. The molecule has 0 spiro atoms. The highest BCUT2D eigenvalue weighted by Gasteiger charge is 2.30. The van der Waals surface area contributed by atoms with Crippen LogP contribution in [0, 0.1) is 23.7 Å². The Morgan fingerprint density at radius 1 is 0.289 bits per heavy atom. The predicted molar refractivity (Wildman–Crippen MR) is 395 cm³/mol. The summed E-state index contributed by atoms with van der Waals surface area (Å²) < 4.78 is 68.6. The highest BCUT2D eigenvalue weighted by Crippen LogP contribution is 2.45. The van der Waals surface area contributed by atoms with Crippen LogP contribution in [0.1, 0.15) is 396 Å². The summed E-state index contributed by atoms with van der Waals surface area (Å²) in [7, 11) is -9.92. The van der Waals surface area contributed by atoms with Gasteiger partial charge in [0.2, 0.25) is 0 Å². The summed E-state index contributed by atoms with van der Waals surface area (Å²) in [5, 5.41) is 10.6. The zero-order valence-electron chi connectivity index (χ0n) is 63.7. The molecule has 0 bridgehead atoms. The van der Waals surface area contributed by atoms with Gasteiger partial charge in [0, 0.05) is 25.7 Å². The number of unbranched alkanes of at least 4 members (excludes halogenated alkanes) is 40. The van der Waals surface area contributed by atoms with Gasteiger partial charge >= 0.3 is 39.5 Å². The zero-order chi connectivity index (χ0) is 71.7. The second kappa shape index (κ2) is 67.2. The highest BCUT2D eigenvalue weighted by molar-refractivity contribution is 7.47. The van der Waals surface area contributed by atoms with Crippen molar-refractivity contribution in [2.24, 2.45) is 23.7 Å². The Kier molecular flexibility index (Phi) is 65.9. The summed E-state index contributed by atoms with van der Waals surface area (Å²) in [6.45, 7) is 14.2. The molecule has 0 aromatic rings. The van der Waals surface area contributed by atoms with E-state index in [1.807, 2.05) is 0 Å². The molecule has 0 fully saturated rings. The maximum Gasteiger partial charge on any atom is 0.472 e. The van der Waals surface area contributed by atoms with Crippen molar-refractivity contribution >= 4 is 39.5 Å². The van der Waals surface area contributed by atoms with Crippen molar-refractivity contribution in [3.63, 3.8) is 0 Å². The smallest absolute Gasteiger partial charge is 0.462 e. The molecule has 3 N–H and O–H groups in total. The number of hydrogen-bond donors (Lipinski definition) is 3. The number of aliphatic hydroxyl groups excluding tert-OH is 1. The summed E-state index contributed by atoms with van der Waals surface area (Å²) in [6.07, 6.45) is 52.8. The first-order chi connectivity index (χ1) is 46.6. The first-order valence-corrected chi connectivity index (χ1v) is 43.2. The normalized spacial score (nSPS) is 14.4. The molecule has 576 valence electrons. The lowest BCUT2D eigenvalue weighted by Gasteiger charge is -2.21. The SMILES string of the molecule is CCC(C)CCCCCCCCCCC(=O)O[C@H](COC(=O)CCCCCCCCCCCCCCCCCC(C)C)COP(=O)(O)OC[C@@H](O)COP(=O)(O)OC[C@@H](COC(=O)CCCCCCCCCC(C)C)OC(=O)CCCCCCCCCCCCCCCCC(C)C. The van der Waals surface area contributed by atoms with Gasteiger partial charge in [-0.3, -0.25) is 37.3 Å². The number of esters is 4. The van der Waals surface area contributed by atoms with Crippen LogP contribution in [0.5, 0.6) is 0 Å². The van der Waals surface area contributed by atoms with Crippen LogP contribution in [-0.4, -0.2) is 96.7 Å². The quantitative estimate of drug-likeness (QED) is 0.0222. The Morgan fingerprint density at radius 3 is 0.732 bits per heavy atom. The molecule has 0 amide bonds. The molecule has 17 nitrogen and oxygen atoms in total. The fourth-order valence-corrected chi connectivity index (χ4v) is 13.5. The standard InChI is InChI=1S/C78H152O17P2/c1-9-71(8)57-49-41-33-27-28-36-45-53-61-78(83)95-73(64-88-75(80)58-50-42-34-25-21-17-12-10-11-15-19-23-30-38-46-54-68(2)3)66-92-96(84,85)90-62-72(79)63-91-97(86,87)93-67-74(65-89-76(81)59-51-43-37-29-32-40-48-56-70(6)7)94-77(82)60-52-44-35-26-22-18-14-13-16-20-24-31-39-47-55-69(4)5/h68-74,79H,9-67H2,1-8H3,(H,84,85)(H,86,87)/t71?,72-,73-,74-/m1/s1. The third-order valence-electron chi connectivity index (χ3n) is 18.4.